The topological polar surface area (TPSA) is 58.2 Å². The Labute approximate surface area is 81.3 Å². The maximum Gasteiger partial charge on any atom is 0.326 e. The van der Waals surface area contributed by atoms with E-state index in [1.54, 1.807) is 24.5 Å². The quantitative estimate of drug-likeness (QED) is 0.462. The molecule has 13 heavy (non-hydrogen) atoms. The lowest BCUT2D eigenvalue weighted by Gasteiger charge is -1.95. The molecule has 1 N–H and O–H groups in total. The smallest absolute Gasteiger partial charge is 0.281 e. The SMILES string of the molecule is [CH2]Sc1ccc[n+](CS(=O)(=O)O)c1. The van der Waals surface area contributed by atoms with Gasteiger partial charge in [-0.15, -0.1) is 11.8 Å². The summed E-state index contributed by atoms with van der Waals surface area (Å²) >= 11 is 1.26. The molecule has 0 aliphatic carbocycles. The van der Waals surface area contributed by atoms with Crippen molar-refractivity contribution in [1.29, 1.82) is 0 Å². The van der Waals surface area contributed by atoms with E-state index in [2.05, 4.69) is 6.26 Å². The lowest BCUT2D eigenvalue weighted by Crippen LogP contribution is -2.36. The number of hydrogen-bond acceptors (Lipinski definition) is 3. The van der Waals surface area contributed by atoms with E-state index in [0.717, 1.165) is 4.90 Å². The fourth-order valence-corrected chi connectivity index (χ4v) is 1.77. The molecule has 0 fully saturated rings. The molecule has 1 aromatic rings. The fourth-order valence-electron chi connectivity index (χ4n) is 0.852. The number of thioether (sulfide) groups is 1. The molecule has 0 spiro atoms. The van der Waals surface area contributed by atoms with Gasteiger partial charge in [0.2, 0.25) is 0 Å². The molecule has 0 aromatic carbocycles. The van der Waals surface area contributed by atoms with E-state index in [4.69, 9.17) is 4.55 Å². The molecule has 0 atom stereocenters. The van der Waals surface area contributed by atoms with Crippen LogP contribution >= 0.6 is 11.8 Å². The average molecular weight is 219 g/mol. The van der Waals surface area contributed by atoms with E-state index in [1.165, 1.54) is 16.3 Å². The minimum absolute atomic E-state index is 0.429. The van der Waals surface area contributed by atoms with Gasteiger partial charge in [-0.3, -0.25) is 4.55 Å². The summed E-state index contributed by atoms with van der Waals surface area (Å²) in [4.78, 5) is 0.839. The largest absolute Gasteiger partial charge is 0.326 e. The van der Waals surface area contributed by atoms with Crippen LogP contribution in [0.5, 0.6) is 0 Å². The molecule has 6 heteroatoms. The highest BCUT2D eigenvalue weighted by Gasteiger charge is 2.12. The first-order valence-corrected chi connectivity index (χ1v) is 5.97. The molecule has 71 valence electrons. The standard InChI is InChI=1S/C7H8NO3S2/c1-12-7-3-2-4-8(5-7)6-13(9,10)11/h2-5H,1,6H2/p+1. The Bertz CT molecular complexity index is 388. The highest BCUT2D eigenvalue weighted by atomic mass is 32.2. The van der Waals surface area contributed by atoms with Crippen molar-refractivity contribution in [2.45, 2.75) is 10.8 Å². The zero-order chi connectivity index (χ0) is 9.90. The fraction of sp³-hybridized carbons (Fsp3) is 0.143. The number of aromatic nitrogens is 1. The monoisotopic (exact) mass is 219 g/mol. The van der Waals surface area contributed by atoms with Gasteiger partial charge in [0, 0.05) is 12.3 Å². The Kier molecular flexibility index (Phi) is 3.29. The van der Waals surface area contributed by atoms with E-state index in [0.29, 0.717) is 0 Å². The van der Waals surface area contributed by atoms with Gasteiger partial charge >= 0.3 is 10.1 Å². The molecule has 1 heterocycles. The van der Waals surface area contributed by atoms with Gasteiger partial charge in [0.25, 0.3) is 5.88 Å². The Morgan fingerprint density at radius 2 is 2.31 bits per heavy atom. The Balaban J connectivity index is 2.90. The summed E-state index contributed by atoms with van der Waals surface area (Å²) in [7, 11) is -3.97. The first-order chi connectivity index (χ1) is 6.01. The predicted molar refractivity (Wildman–Crippen MR) is 49.4 cm³/mol. The van der Waals surface area contributed by atoms with Crippen molar-refractivity contribution in [3.63, 3.8) is 0 Å². The van der Waals surface area contributed by atoms with E-state index >= 15 is 0 Å². The second-order valence-electron chi connectivity index (χ2n) is 2.41. The van der Waals surface area contributed by atoms with Gasteiger partial charge in [-0.05, 0) is 6.07 Å². The molecule has 0 bridgehead atoms. The molecule has 1 radical (unpaired) electrons. The van der Waals surface area contributed by atoms with Crippen LogP contribution in [0.3, 0.4) is 0 Å². The summed E-state index contributed by atoms with van der Waals surface area (Å²) in [5.41, 5.74) is 0. The molecule has 0 saturated heterocycles. The van der Waals surface area contributed by atoms with E-state index in [1.807, 2.05) is 0 Å². The van der Waals surface area contributed by atoms with Gasteiger partial charge in [0.1, 0.15) is 0 Å². The van der Waals surface area contributed by atoms with Crippen molar-refractivity contribution in [1.82, 2.24) is 0 Å². The third kappa shape index (κ3) is 3.75. The van der Waals surface area contributed by atoms with E-state index in [9.17, 15) is 8.42 Å². The highest BCUT2D eigenvalue weighted by molar-refractivity contribution is 8.00. The number of hydrogen-bond donors (Lipinski definition) is 1. The van der Waals surface area contributed by atoms with Crippen LogP contribution in [0.2, 0.25) is 0 Å². The molecule has 1 rings (SSSR count). The summed E-state index contributed by atoms with van der Waals surface area (Å²) < 4.78 is 31.0. The molecule has 0 unspecified atom stereocenters. The van der Waals surface area contributed by atoms with Gasteiger partial charge in [0.15, 0.2) is 12.4 Å². The van der Waals surface area contributed by atoms with Crippen LogP contribution < -0.4 is 4.57 Å². The molecule has 0 saturated carbocycles. The van der Waals surface area contributed by atoms with Gasteiger partial charge in [-0.2, -0.15) is 13.0 Å². The maximum atomic E-state index is 10.5. The zero-order valence-corrected chi connectivity index (χ0v) is 8.38. The molecular formula is C7H9NO3S2+. The lowest BCUT2D eigenvalue weighted by atomic mass is 10.5. The molecule has 0 aliphatic rings. The first kappa shape index (κ1) is 10.5. The summed E-state index contributed by atoms with van der Waals surface area (Å²) in [6.45, 7) is 0. The summed E-state index contributed by atoms with van der Waals surface area (Å²) in [6.07, 6.45) is 6.75. The van der Waals surface area contributed by atoms with E-state index in [-0.39, 0.29) is 0 Å². The Morgan fingerprint density at radius 3 is 2.85 bits per heavy atom. The third-order valence-corrected chi connectivity index (χ3v) is 2.51. The Hall–Kier alpha value is -0.590. The number of pyridine rings is 1. The van der Waals surface area contributed by atoms with Crippen molar-refractivity contribution in [2.24, 2.45) is 0 Å². The summed E-state index contributed by atoms with van der Waals surface area (Å²) in [5.74, 6) is -0.429. The minimum atomic E-state index is -3.97. The third-order valence-electron chi connectivity index (χ3n) is 1.31. The molecule has 0 amide bonds. The Morgan fingerprint density at radius 1 is 1.62 bits per heavy atom. The number of rotatable bonds is 3. The maximum absolute atomic E-state index is 10.5. The van der Waals surface area contributed by atoms with Crippen LogP contribution in [0.4, 0.5) is 0 Å². The van der Waals surface area contributed by atoms with Gasteiger partial charge < -0.3 is 0 Å². The van der Waals surface area contributed by atoms with Crippen molar-refractivity contribution >= 4 is 21.9 Å². The normalized spacial score (nSPS) is 11.5. The van der Waals surface area contributed by atoms with Crippen LogP contribution in [0.15, 0.2) is 29.4 Å². The van der Waals surface area contributed by atoms with Gasteiger partial charge in [0.05, 0.1) is 4.90 Å². The molecule has 1 aromatic heterocycles. The zero-order valence-electron chi connectivity index (χ0n) is 6.75. The second-order valence-corrected chi connectivity index (χ2v) is 4.59. The van der Waals surface area contributed by atoms with Gasteiger partial charge in [-0.25, -0.2) is 0 Å². The molecule has 4 nitrogen and oxygen atoms in total. The van der Waals surface area contributed by atoms with Crippen molar-refractivity contribution in [2.75, 3.05) is 0 Å². The van der Waals surface area contributed by atoms with Crippen LogP contribution in [0.1, 0.15) is 0 Å². The van der Waals surface area contributed by atoms with E-state index < -0.39 is 16.0 Å². The van der Waals surface area contributed by atoms with Crippen molar-refractivity contribution < 1.29 is 17.5 Å². The lowest BCUT2D eigenvalue weighted by molar-refractivity contribution is -0.679. The summed E-state index contributed by atoms with van der Waals surface area (Å²) in [6, 6.07) is 3.50. The number of nitrogens with zero attached hydrogens (tertiary/aromatic N) is 1. The van der Waals surface area contributed by atoms with Crippen LogP contribution in [-0.4, -0.2) is 13.0 Å². The van der Waals surface area contributed by atoms with Crippen molar-refractivity contribution in [3.8, 4) is 0 Å². The summed E-state index contributed by atoms with van der Waals surface area (Å²) in [5, 5.41) is 0. The van der Waals surface area contributed by atoms with Crippen LogP contribution in [0, 0.1) is 6.26 Å². The second kappa shape index (κ2) is 4.08. The average Bonchev–Trinajstić information content (AvgIpc) is 2.01. The van der Waals surface area contributed by atoms with Crippen molar-refractivity contribution in [3.05, 3.63) is 30.8 Å². The minimum Gasteiger partial charge on any atom is -0.281 e. The highest BCUT2D eigenvalue weighted by Crippen LogP contribution is 2.11. The first-order valence-electron chi connectivity index (χ1n) is 3.37. The molecule has 0 aliphatic heterocycles. The van der Waals surface area contributed by atoms with Crippen LogP contribution in [0.25, 0.3) is 0 Å². The van der Waals surface area contributed by atoms with Gasteiger partial charge in [-0.1, -0.05) is 0 Å². The predicted octanol–water partition coefficient (Wildman–Crippen LogP) is 0.703. The molecular weight excluding hydrogens is 210 g/mol. The van der Waals surface area contributed by atoms with Crippen LogP contribution in [-0.2, 0) is 16.0 Å².